The first-order valence-electron chi connectivity index (χ1n) is 10.7. The molecule has 10 heteroatoms. The summed E-state index contributed by atoms with van der Waals surface area (Å²) in [4.78, 5) is 2.17. The van der Waals surface area contributed by atoms with Crippen LogP contribution in [0, 0.1) is 17.1 Å². The van der Waals surface area contributed by atoms with Crippen molar-refractivity contribution in [1.29, 1.82) is 5.26 Å². The zero-order valence-electron chi connectivity index (χ0n) is 17.8. The van der Waals surface area contributed by atoms with E-state index in [2.05, 4.69) is 38.1 Å². The number of hydrogen-bond donors (Lipinski definition) is 1. The summed E-state index contributed by atoms with van der Waals surface area (Å²) in [5.74, 6) is -0.424. The maximum atomic E-state index is 14.7. The lowest BCUT2D eigenvalue weighted by molar-refractivity contribution is 0.423. The molecule has 4 aromatic rings. The third-order valence-corrected chi connectivity index (χ3v) is 6.55. The molecule has 2 aliphatic rings. The normalized spacial score (nSPS) is 20.2. The van der Waals surface area contributed by atoms with Crippen molar-refractivity contribution in [3.63, 3.8) is 0 Å². The topological polar surface area (TPSA) is 92.0 Å². The Hall–Kier alpha value is -3.71. The lowest BCUT2D eigenvalue weighted by Crippen LogP contribution is -2.37. The average molecular weight is 431 g/mol. The molecule has 6 heterocycles. The Bertz CT molecular complexity index is 1390. The van der Waals surface area contributed by atoms with E-state index in [9.17, 15) is 9.65 Å². The Morgan fingerprint density at radius 3 is 2.91 bits per heavy atom. The summed E-state index contributed by atoms with van der Waals surface area (Å²) >= 11 is 0. The van der Waals surface area contributed by atoms with Gasteiger partial charge in [-0.2, -0.15) is 20.6 Å². The van der Waals surface area contributed by atoms with Crippen molar-refractivity contribution in [2.24, 2.45) is 7.05 Å². The van der Waals surface area contributed by atoms with Crippen LogP contribution in [0.25, 0.3) is 5.52 Å². The fraction of sp³-hybridized carbons (Fsp3) is 0.364. The standard InChI is InChI=1S/C22H22FN9/c1-13-10-30(20-4-3-15(6-24)32-22(20)17(23)8-27-32)12-21-16-5-18(14-7-26-29(2)11-14)25-9-19(16)28-31(13)21/h3-4,7-8,11,13,18,25H,5,9-10,12H2,1-2H3/t13-,18?/m1/s1. The van der Waals surface area contributed by atoms with Crippen molar-refractivity contribution in [3.8, 4) is 6.07 Å². The van der Waals surface area contributed by atoms with Gasteiger partial charge in [0.15, 0.2) is 5.82 Å². The lowest BCUT2D eigenvalue weighted by Gasteiger charge is -2.35. The minimum absolute atomic E-state index is 0.128. The number of halogens is 1. The van der Waals surface area contributed by atoms with Crippen LogP contribution in [0.4, 0.5) is 10.1 Å². The first-order valence-corrected chi connectivity index (χ1v) is 10.7. The number of fused-ring (bicyclic) bond motifs is 4. The second-order valence-electron chi connectivity index (χ2n) is 8.60. The summed E-state index contributed by atoms with van der Waals surface area (Å²) in [7, 11) is 1.92. The molecule has 0 spiro atoms. The van der Waals surface area contributed by atoms with E-state index < -0.39 is 5.82 Å². The fourth-order valence-corrected chi connectivity index (χ4v) is 5.03. The molecule has 0 aromatic carbocycles. The number of pyridine rings is 1. The maximum Gasteiger partial charge on any atom is 0.171 e. The molecular formula is C22H22FN9. The molecule has 1 unspecified atom stereocenters. The molecule has 0 aliphatic carbocycles. The van der Waals surface area contributed by atoms with Gasteiger partial charge >= 0.3 is 0 Å². The van der Waals surface area contributed by atoms with Crippen LogP contribution in [0.2, 0.25) is 0 Å². The van der Waals surface area contributed by atoms with E-state index in [1.54, 1.807) is 6.07 Å². The molecule has 2 atom stereocenters. The second-order valence-corrected chi connectivity index (χ2v) is 8.60. The molecule has 0 bridgehead atoms. The number of anilines is 1. The van der Waals surface area contributed by atoms with Crippen molar-refractivity contribution in [2.45, 2.75) is 38.5 Å². The third-order valence-electron chi connectivity index (χ3n) is 6.55. The first kappa shape index (κ1) is 19.0. The van der Waals surface area contributed by atoms with Gasteiger partial charge in [-0.3, -0.25) is 9.36 Å². The van der Waals surface area contributed by atoms with E-state index in [1.807, 2.05) is 30.2 Å². The Kier molecular flexibility index (Phi) is 4.10. The van der Waals surface area contributed by atoms with Crippen molar-refractivity contribution < 1.29 is 4.39 Å². The van der Waals surface area contributed by atoms with E-state index in [0.717, 1.165) is 29.1 Å². The van der Waals surface area contributed by atoms with Crippen LogP contribution >= 0.6 is 0 Å². The van der Waals surface area contributed by atoms with Gasteiger partial charge in [-0.1, -0.05) is 0 Å². The van der Waals surface area contributed by atoms with Gasteiger partial charge in [-0.15, -0.1) is 0 Å². The predicted molar refractivity (Wildman–Crippen MR) is 114 cm³/mol. The van der Waals surface area contributed by atoms with E-state index >= 15 is 0 Å². The van der Waals surface area contributed by atoms with Crippen LogP contribution in [0.15, 0.2) is 30.7 Å². The highest BCUT2D eigenvalue weighted by Crippen LogP contribution is 2.36. The summed E-state index contributed by atoms with van der Waals surface area (Å²) in [5.41, 5.74) is 6.05. The van der Waals surface area contributed by atoms with E-state index in [-0.39, 0.29) is 12.1 Å². The number of nitrogens with zero attached hydrogens (tertiary/aromatic N) is 8. The Labute approximate surface area is 183 Å². The molecule has 0 saturated carbocycles. The number of hydrogen-bond acceptors (Lipinski definition) is 6. The van der Waals surface area contributed by atoms with Crippen LogP contribution in [-0.2, 0) is 26.6 Å². The molecule has 0 amide bonds. The Morgan fingerprint density at radius 2 is 2.12 bits per heavy atom. The zero-order valence-corrected chi connectivity index (χ0v) is 17.8. The molecule has 1 N–H and O–H groups in total. The van der Waals surface area contributed by atoms with Gasteiger partial charge < -0.3 is 10.2 Å². The van der Waals surface area contributed by atoms with Crippen molar-refractivity contribution >= 4 is 11.2 Å². The minimum atomic E-state index is -0.424. The lowest BCUT2D eigenvalue weighted by atomic mass is 9.95. The van der Waals surface area contributed by atoms with Gasteiger partial charge in [0.1, 0.15) is 17.3 Å². The summed E-state index contributed by atoms with van der Waals surface area (Å²) in [6.45, 7) is 4.16. The van der Waals surface area contributed by atoms with Gasteiger partial charge in [-0.25, -0.2) is 8.91 Å². The zero-order chi connectivity index (χ0) is 22.0. The van der Waals surface area contributed by atoms with Gasteiger partial charge in [0.25, 0.3) is 0 Å². The summed E-state index contributed by atoms with van der Waals surface area (Å²) in [5, 5.41) is 26.2. The predicted octanol–water partition coefficient (Wildman–Crippen LogP) is 2.24. The second kappa shape index (κ2) is 6.90. The van der Waals surface area contributed by atoms with Gasteiger partial charge in [-0.05, 0) is 25.5 Å². The highest BCUT2D eigenvalue weighted by Gasteiger charge is 2.33. The van der Waals surface area contributed by atoms with Crippen molar-refractivity contribution in [1.82, 2.24) is 34.5 Å². The van der Waals surface area contributed by atoms with Gasteiger partial charge in [0.05, 0.1) is 42.1 Å². The number of nitrogens with one attached hydrogen (secondary N) is 1. The van der Waals surface area contributed by atoms with Crippen molar-refractivity contribution in [2.75, 3.05) is 11.4 Å². The highest BCUT2D eigenvalue weighted by atomic mass is 19.1. The number of rotatable bonds is 2. The van der Waals surface area contributed by atoms with E-state index in [4.69, 9.17) is 5.10 Å². The molecule has 162 valence electrons. The van der Waals surface area contributed by atoms with Crippen LogP contribution < -0.4 is 10.2 Å². The third kappa shape index (κ3) is 2.74. The fourth-order valence-electron chi connectivity index (χ4n) is 5.03. The monoisotopic (exact) mass is 431 g/mol. The van der Waals surface area contributed by atoms with Crippen LogP contribution in [0.5, 0.6) is 0 Å². The molecule has 2 aliphatic heterocycles. The number of aryl methyl sites for hydroxylation is 1. The molecule has 6 rings (SSSR count). The molecule has 0 radical (unpaired) electrons. The molecule has 32 heavy (non-hydrogen) atoms. The Balaban J connectivity index is 1.40. The van der Waals surface area contributed by atoms with Crippen molar-refractivity contribution in [3.05, 3.63) is 64.7 Å². The van der Waals surface area contributed by atoms with E-state index in [0.29, 0.717) is 30.8 Å². The Morgan fingerprint density at radius 1 is 1.25 bits per heavy atom. The molecule has 9 nitrogen and oxygen atoms in total. The number of aromatic nitrogens is 6. The largest absolute Gasteiger partial charge is 0.362 e. The first-order chi connectivity index (χ1) is 15.5. The van der Waals surface area contributed by atoms with E-state index in [1.165, 1.54) is 16.3 Å². The summed E-state index contributed by atoms with van der Waals surface area (Å²) in [6, 6.07) is 5.92. The highest BCUT2D eigenvalue weighted by molar-refractivity contribution is 5.75. The van der Waals surface area contributed by atoms with Crippen LogP contribution in [-0.4, -0.2) is 35.7 Å². The number of nitriles is 1. The summed E-state index contributed by atoms with van der Waals surface area (Å²) in [6.07, 6.45) is 5.96. The van der Waals surface area contributed by atoms with Crippen LogP contribution in [0.1, 0.15) is 47.2 Å². The average Bonchev–Trinajstić information content (AvgIpc) is 3.50. The van der Waals surface area contributed by atoms with Gasteiger partial charge in [0, 0.05) is 43.5 Å². The quantitative estimate of drug-likeness (QED) is 0.523. The van der Waals surface area contributed by atoms with Gasteiger partial charge in [0.2, 0.25) is 0 Å². The molecule has 0 fully saturated rings. The minimum Gasteiger partial charge on any atom is -0.362 e. The smallest absolute Gasteiger partial charge is 0.171 e. The molecule has 0 saturated heterocycles. The molecule has 4 aromatic heterocycles. The van der Waals surface area contributed by atoms with Crippen LogP contribution in [0.3, 0.4) is 0 Å². The molecular weight excluding hydrogens is 409 g/mol. The maximum absolute atomic E-state index is 14.7. The SMILES string of the molecule is C[C@@H]1CN(c2ccc(C#N)n3ncc(F)c23)Cc2c3c(nn21)CNC(c1cnn(C)c1)C3. The summed E-state index contributed by atoms with van der Waals surface area (Å²) < 4.78 is 20.0.